The third-order valence-corrected chi connectivity index (χ3v) is 5.51. The minimum Gasteiger partial charge on any atom is -0.490 e. The van der Waals surface area contributed by atoms with Crippen molar-refractivity contribution in [3.8, 4) is 11.5 Å². The van der Waals surface area contributed by atoms with Crippen molar-refractivity contribution in [2.24, 2.45) is 0 Å². The molecule has 0 saturated carbocycles. The number of carbonyl (C=O) groups is 3. The quantitative estimate of drug-likeness (QED) is 0.210. The Morgan fingerprint density at radius 3 is 2.56 bits per heavy atom. The number of thioether (sulfide) groups is 1. The van der Waals surface area contributed by atoms with Gasteiger partial charge in [-0.3, -0.25) is 29.4 Å². The van der Waals surface area contributed by atoms with Gasteiger partial charge in [-0.15, -0.1) is 0 Å². The fourth-order valence-corrected chi connectivity index (χ4v) is 3.93. The van der Waals surface area contributed by atoms with Crippen molar-refractivity contribution in [3.63, 3.8) is 0 Å². The Hall–Kier alpha value is -3.86. The molecule has 0 spiro atoms. The molecule has 34 heavy (non-hydrogen) atoms. The number of carbonyl (C=O) groups excluding carboxylic acids is 3. The molecule has 0 aliphatic carbocycles. The largest absolute Gasteiger partial charge is 0.490 e. The standard InChI is InChI=1S/C23H22N2O8S/c1-3-31-19-11-15(12-20-22(27)24(23(28)34-20)13-21(26)32-4-2)9-10-18(19)33-14-16-7-5-6-8-17(16)25(29)30/h5-12H,3-4,13-14H2,1-2H3/b20-12+. The highest BCUT2D eigenvalue weighted by Crippen LogP contribution is 2.35. The molecule has 2 amide bonds. The number of benzene rings is 2. The molecule has 0 unspecified atom stereocenters. The van der Waals surface area contributed by atoms with Gasteiger partial charge in [0.15, 0.2) is 11.5 Å². The van der Waals surface area contributed by atoms with Gasteiger partial charge in [0.05, 0.1) is 28.6 Å². The van der Waals surface area contributed by atoms with Crippen LogP contribution in [0.15, 0.2) is 47.4 Å². The third-order valence-electron chi connectivity index (χ3n) is 4.60. The summed E-state index contributed by atoms with van der Waals surface area (Å²) in [6.45, 7) is 3.43. The van der Waals surface area contributed by atoms with Crippen LogP contribution in [0.2, 0.25) is 0 Å². The molecule has 178 valence electrons. The number of esters is 1. The summed E-state index contributed by atoms with van der Waals surface area (Å²) in [6, 6.07) is 11.2. The van der Waals surface area contributed by atoms with Crippen LogP contribution in [0.1, 0.15) is 25.0 Å². The SMILES string of the molecule is CCOC(=O)CN1C(=O)S/C(=C/c2ccc(OCc3ccccc3[N+](=O)[O-])c(OCC)c2)C1=O. The molecule has 0 N–H and O–H groups in total. The monoisotopic (exact) mass is 486 g/mol. The normalized spacial score (nSPS) is 14.4. The van der Waals surface area contributed by atoms with E-state index in [1.165, 1.54) is 12.1 Å². The van der Waals surface area contributed by atoms with Crippen molar-refractivity contribution in [1.29, 1.82) is 0 Å². The van der Waals surface area contributed by atoms with Gasteiger partial charge < -0.3 is 14.2 Å². The predicted octanol–water partition coefficient (Wildman–Crippen LogP) is 4.17. The summed E-state index contributed by atoms with van der Waals surface area (Å²) in [5.74, 6) is -0.504. The number of nitro benzene ring substituents is 1. The summed E-state index contributed by atoms with van der Waals surface area (Å²) < 4.78 is 16.2. The van der Waals surface area contributed by atoms with Crippen LogP contribution in [0.3, 0.4) is 0 Å². The molecule has 10 nitrogen and oxygen atoms in total. The molecule has 0 aromatic heterocycles. The summed E-state index contributed by atoms with van der Waals surface area (Å²) in [5.41, 5.74) is 0.938. The Morgan fingerprint density at radius 1 is 1.09 bits per heavy atom. The Balaban J connectivity index is 1.78. The predicted molar refractivity (Wildman–Crippen MR) is 124 cm³/mol. The number of para-hydroxylation sites is 1. The summed E-state index contributed by atoms with van der Waals surface area (Å²) in [5, 5.41) is 10.7. The van der Waals surface area contributed by atoms with Crippen molar-refractivity contribution in [2.75, 3.05) is 19.8 Å². The number of ether oxygens (including phenoxy) is 3. The number of amides is 2. The number of rotatable bonds is 10. The number of imide groups is 1. The maximum atomic E-state index is 12.6. The van der Waals surface area contributed by atoms with Crippen LogP contribution < -0.4 is 9.47 Å². The smallest absolute Gasteiger partial charge is 0.326 e. The van der Waals surface area contributed by atoms with Crippen molar-refractivity contribution < 1.29 is 33.5 Å². The first kappa shape index (κ1) is 24.8. The van der Waals surface area contributed by atoms with Crippen LogP contribution in [0, 0.1) is 10.1 Å². The van der Waals surface area contributed by atoms with Crippen molar-refractivity contribution in [3.05, 3.63) is 68.6 Å². The van der Waals surface area contributed by atoms with Crippen LogP contribution >= 0.6 is 11.8 Å². The van der Waals surface area contributed by atoms with E-state index in [2.05, 4.69) is 0 Å². The van der Waals surface area contributed by atoms with E-state index in [4.69, 9.17) is 14.2 Å². The van der Waals surface area contributed by atoms with E-state index in [1.807, 2.05) is 0 Å². The molecular formula is C23H22N2O8S. The van der Waals surface area contributed by atoms with Crippen LogP contribution in [0.25, 0.3) is 6.08 Å². The first-order valence-electron chi connectivity index (χ1n) is 10.4. The Kier molecular flexibility index (Phi) is 8.25. The van der Waals surface area contributed by atoms with Crippen LogP contribution in [0.4, 0.5) is 10.5 Å². The van der Waals surface area contributed by atoms with E-state index >= 15 is 0 Å². The van der Waals surface area contributed by atoms with Crippen LogP contribution in [-0.2, 0) is 20.9 Å². The topological polar surface area (TPSA) is 125 Å². The Labute approximate surface area is 199 Å². The van der Waals surface area contributed by atoms with E-state index < -0.39 is 28.6 Å². The molecule has 11 heteroatoms. The molecule has 0 radical (unpaired) electrons. The number of hydrogen-bond acceptors (Lipinski definition) is 9. The highest BCUT2D eigenvalue weighted by molar-refractivity contribution is 8.18. The lowest BCUT2D eigenvalue weighted by molar-refractivity contribution is -0.385. The highest BCUT2D eigenvalue weighted by atomic mass is 32.2. The number of hydrogen-bond donors (Lipinski definition) is 0. The van der Waals surface area contributed by atoms with Crippen molar-refractivity contribution in [1.82, 2.24) is 4.90 Å². The molecule has 0 atom stereocenters. The second kappa shape index (κ2) is 11.3. The minimum absolute atomic E-state index is 0.0384. The van der Waals surface area contributed by atoms with Crippen LogP contribution in [0.5, 0.6) is 11.5 Å². The number of nitrogens with zero attached hydrogens (tertiary/aromatic N) is 2. The highest BCUT2D eigenvalue weighted by Gasteiger charge is 2.36. The van der Waals surface area contributed by atoms with Gasteiger partial charge in [0.2, 0.25) is 0 Å². The maximum Gasteiger partial charge on any atom is 0.326 e. The van der Waals surface area contributed by atoms with E-state index in [0.717, 1.165) is 16.7 Å². The second-order valence-corrected chi connectivity index (χ2v) is 7.88. The molecule has 0 bridgehead atoms. The number of nitro groups is 1. The summed E-state index contributed by atoms with van der Waals surface area (Å²) in [4.78, 5) is 48.2. The average Bonchev–Trinajstić information content (AvgIpc) is 3.06. The molecule has 1 aliphatic heterocycles. The zero-order valence-electron chi connectivity index (χ0n) is 18.5. The Bertz CT molecular complexity index is 1150. The molecule has 2 aromatic rings. The molecule has 1 heterocycles. The van der Waals surface area contributed by atoms with Gasteiger partial charge in [0, 0.05) is 6.07 Å². The van der Waals surface area contributed by atoms with Gasteiger partial charge in [-0.25, -0.2) is 0 Å². The van der Waals surface area contributed by atoms with Gasteiger partial charge in [0.25, 0.3) is 16.8 Å². The first-order valence-corrected chi connectivity index (χ1v) is 11.2. The fourth-order valence-electron chi connectivity index (χ4n) is 3.09. The Morgan fingerprint density at radius 2 is 1.85 bits per heavy atom. The molecular weight excluding hydrogens is 464 g/mol. The summed E-state index contributed by atoms with van der Waals surface area (Å²) >= 11 is 0.727. The lowest BCUT2D eigenvalue weighted by atomic mass is 10.1. The lowest BCUT2D eigenvalue weighted by Crippen LogP contribution is -2.34. The van der Waals surface area contributed by atoms with Gasteiger partial charge in [0.1, 0.15) is 13.2 Å². The third kappa shape index (κ3) is 5.93. The summed E-state index contributed by atoms with van der Waals surface area (Å²) in [7, 11) is 0. The average molecular weight is 487 g/mol. The molecule has 1 aliphatic rings. The molecule has 3 rings (SSSR count). The van der Waals surface area contributed by atoms with E-state index in [9.17, 15) is 24.5 Å². The van der Waals surface area contributed by atoms with E-state index in [-0.39, 0.29) is 23.8 Å². The molecule has 1 fully saturated rings. The minimum atomic E-state index is -0.662. The molecule has 2 aromatic carbocycles. The van der Waals surface area contributed by atoms with Gasteiger partial charge in [-0.2, -0.15) is 0 Å². The lowest BCUT2D eigenvalue weighted by Gasteiger charge is -2.13. The van der Waals surface area contributed by atoms with Gasteiger partial charge >= 0.3 is 5.97 Å². The maximum absolute atomic E-state index is 12.6. The van der Waals surface area contributed by atoms with Gasteiger partial charge in [-0.1, -0.05) is 18.2 Å². The zero-order chi connectivity index (χ0) is 24.7. The van der Waals surface area contributed by atoms with Crippen LogP contribution in [-0.4, -0.2) is 46.7 Å². The second-order valence-electron chi connectivity index (χ2n) is 6.89. The van der Waals surface area contributed by atoms with Gasteiger partial charge in [-0.05, 0) is 55.4 Å². The van der Waals surface area contributed by atoms with E-state index in [0.29, 0.717) is 29.2 Å². The van der Waals surface area contributed by atoms with Crippen molar-refractivity contribution >= 4 is 40.6 Å². The van der Waals surface area contributed by atoms with Crippen molar-refractivity contribution in [2.45, 2.75) is 20.5 Å². The molecule has 1 saturated heterocycles. The zero-order valence-corrected chi connectivity index (χ0v) is 19.3. The van der Waals surface area contributed by atoms with E-state index in [1.54, 1.807) is 50.2 Å². The summed E-state index contributed by atoms with van der Waals surface area (Å²) in [6.07, 6.45) is 1.52. The first-order chi connectivity index (χ1) is 16.3. The fraction of sp³-hybridized carbons (Fsp3) is 0.261.